The molecular weight excluding hydrogens is 318 g/mol. The molecule has 1 fully saturated rings. The summed E-state index contributed by atoms with van der Waals surface area (Å²) < 4.78 is 31.4. The van der Waals surface area contributed by atoms with E-state index in [4.69, 9.17) is 4.74 Å². The molecule has 0 bridgehead atoms. The van der Waals surface area contributed by atoms with E-state index >= 15 is 0 Å². The first-order valence-corrected chi connectivity index (χ1v) is 8.91. The summed E-state index contributed by atoms with van der Waals surface area (Å²) in [6.07, 6.45) is 0. The minimum Gasteiger partial charge on any atom is -0.375 e. The Morgan fingerprint density at radius 2 is 1.78 bits per heavy atom. The standard InChI is InChI=1S/C15H23N3O4S/c1-17-7-9-18(10-8-17)23(20,21)14-5-3-13(4-6-14)11-16-15(19)12-22-2/h3-6H,7-12H2,1-2H3,(H,16,19). The van der Waals surface area contributed by atoms with Crippen LogP contribution in [0.25, 0.3) is 0 Å². The zero-order chi connectivity index (χ0) is 16.9. The monoisotopic (exact) mass is 341 g/mol. The highest BCUT2D eigenvalue weighted by molar-refractivity contribution is 7.89. The highest BCUT2D eigenvalue weighted by atomic mass is 32.2. The number of piperazine rings is 1. The van der Waals surface area contributed by atoms with Crippen LogP contribution in [0.2, 0.25) is 0 Å². The molecule has 8 heteroatoms. The molecule has 0 saturated carbocycles. The van der Waals surface area contributed by atoms with Gasteiger partial charge in [0.05, 0.1) is 4.90 Å². The van der Waals surface area contributed by atoms with Crippen molar-refractivity contribution in [3.8, 4) is 0 Å². The molecule has 0 spiro atoms. The van der Waals surface area contributed by atoms with Crippen molar-refractivity contribution in [1.82, 2.24) is 14.5 Å². The Morgan fingerprint density at radius 1 is 1.17 bits per heavy atom. The van der Waals surface area contributed by atoms with E-state index in [1.54, 1.807) is 24.3 Å². The molecule has 23 heavy (non-hydrogen) atoms. The predicted octanol–water partition coefficient (Wildman–Crippen LogP) is -0.115. The number of methoxy groups -OCH3 is 1. The largest absolute Gasteiger partial charge is 0.375 e. The van der Waals surface area contributed by atoms with E-state index < -0.39 is 10.0 Å². The van der Waals surface area contributed by atoms with Crippen LogP contribution in [0.5, 0.6) is 0 Å². The van der Waals surface area contributed by atoms with Gasteiger partial charge < -0.3 is 15.0 Å². The molecule has 0 aromatic heterocycles. The number of rotatable bonds is 6. The molecule has 1 aliphatic heterocycles. The molecule has 1 saturated heterocycles. The van der Waals surface area contributed by atoms with Crippen molar-refractivity contribution in [3.63, 3.8) is 0 Å². The summed E-state index contributed by atoms with van der Waals surface area (Å²) in [6.45, 7) is 2.85. The van der Waals surface area contributed by atoms with Gasteiger partial charge in [0.15, 0.2) is 0 Å². The fourth-order valence-electron chi connectivity index (χ4n) is 2.34. The fraction of sp³-hybridized carbons (Fsp3) is 0.533. The number of benzene rings is 1. The van der Waals surface area contributed by atoms with Gasteiger partial charge in [0.2, 0.25) is 15.9 Å². The molecule has 128 valence electrons. The fourth-order valence-corrected chi connectivity index (χ4v) is 3.76. The summed E-state index contributed by atoms with van der Waals surface area (Å²) in [5.41, 5.74) is 0.840. The first kappa shape index (κ1) is 17.9. The van der Waals surface area contributed by atoms with Gasteiger partial charge in [-0.05, 0) is 24.7 Å². The lowest BCUT2D eigenvalue weighted by atomic mass is 10.2. The predicted molar refractivity (Wildman–Crippen MR) is 86.4 cm³/mol. The number of carbonyl (C=O) groups is 1. The zero-order valence-electron chi connectivity index (χ0n) is 13.5. The smallest absolute Gasteiger partial charge is 0.246 e. The van der Waals surface area contributed by atoms with Crippen LogP contribution in [0.1, 0.15) is 5.56 Å². The average molecular weight is 341 g/mol. The minimum absolute atomic E-state index is 0.00979. The number of hydrogen-bond acceptors (Lipinski definition) is 5. The Balaban J connectivity index is 1.99. The van der Waals surface area contributed by atoms with Crippen molar-refractivity contribution in [3.05, 3.63) is 29.8 Å². The summed E-state index contributed by atoms with van der Waals surface area (Å²) in [4.78, 5) is 13.7. The summed E-state index contributed by atoms with van der Waals surface area (Å²) in [6, 6.07) is 6.61. The van der Waals surface area contributed by atoms with Crippen LogP contribution in [0.3, 0.4) is 0 Å². The lowest BCUT2D eigenvalue weighted by Gasteiger charge is -2.31. The van der Waals surface area contributed by atoms with Crippen molar-refractivity contribution in [2.24, 2.45) is 0 Å². The van der Waals surface area contributed by atoms with Crippen molar-refractivity contribution in [2.75, 3.05) is 46.9 Å². The molecule has 0 radical (unpaired) electrons. The molecule has 0 atom stereocenters. The van der Waals surface area contributed by atoms with Crippen LogP contribution in [-0.2, 0) is 26.1 Å². The van der Waals surface area contributed by atoms with Gasteiger partial charge in [-0.25, -0.2) is 8.42 Å². The number of hydrogen-bond donors (Lipinski definition) is 1. The van der Waals surface area contributed by atoms with E-state index in [2.05, 4.69) is 10.2 Å². The second-order valence-electron chi connectivity index (χ2n) is 5.56. The van der Waals surface area contributed by atoms with Crippen molar-refractivity contribution in [1.29, 1.82) is 0 Å². The number of carbonyl (C=O) groups excluding carboxylic acids is 1. The van der Waals surface area contributed by atoms with Crippen LogP contribution in [0.15, 0.2) is 29.2 Å². The van der Waals surface area contributed by atoms with Crippen molar-refractivity contribution in [2.45, 2.75) is 11.4 Å². The van der Waals surface area contributed by atoms with Gasteiger partial charge >= 0.3 is 0 Å². The Bertz CT molecular complexity index is 623. The molecule has 2 rings (SSSR count). The van der Waals surface area contributed by atoms with Gasteiger partial charge in [0, 0.05) is 39.8 Å². The lowest BCUT2D eigenvalue weighted by molar-refractivity contribution is -0.124. The topological polar surface area (TPSA) is 78.9 Å². The van der Waals surface area contributed by atoms with E-state index in [-0.39, 0.29) is 17.4 Å². The minimum atomic E-state index is -3.44. The van der Waals surface area contributed by atoms with E-state index in [0.717, 1.165) is 18.7 Å². The van der Waals surface area contributed by atoms with Crippen LogP contribution in [-0.4, -0.2) is 70.5 Å². The molecular formula is C15H23N3O4S. The molecule has 1 amide bonds. The molecule has 1 N–H and O–H groups in total. The second-order valence-corrected chi connectivity index (χ2v) is 7.50. The highest BCUT2D eigenvalue weighted by Gasteiger charge is 2.27. The number of likely N-dealkylation sites (N-methyl/N-ethyl adjacent to an activating group) is 1. The number of sulfonamides is 1. The molecule has 1 aromatic carbocycles. The van der Waals surface area contributed by atoms with Crippen LogP contribution in [0.4, 0.5) is 0 Å². The highest BCUT2D eigenvalue weighted by Crippen LogP contribution is 2.18. The molecule has 0 aliphatic carbocycles. The van der Waals surface area contributed by atoms with E-state index in [1.807, 2.05) is 7.05 Å². The zero-order valence-corrected chi connectivity index (χ0v) is 14.3. The Labute approximate surface area is 137 Å². The molecule has 1 aliphatic rings. The number of nitrogens with zero attached hydrogens (tertiary/aromatic N) is 2. The summed E-state index contributed by atoms with van der Waals surface area (Å²) in [5.74, 6) is -0.207. The van der Waals surface area contributed by atoms with Gasteiger partial charge in [-0.3, -0.25) is 4.79 Å². The van der Waals surface area contributed by atoms with Gasteiger partial charge in [-0.2, -0.15) is 4.31 Å². The van der Waals surface area contributed by atoms with Gasteiger partial charge in [-0.1, -0.05) is 12.1 Å². The van der Waals surface area contributed by atoms with Crippen LogP contribution >= 0.6 is 0 Å². The maximum atomic E-state index is 12.6. The van der Waals surface area contributed by atoms with E-state index in [9.17, 15) is 13.2 Å². The van der Waals surface area contributed by atoms with Crippen molar-refractivity contribution >= 4 is 15.9 Å². The molecule has 1 heterocycles. The quantitative estimate of drug-likeness (QED) is 0.781. The molecule has 0 unspecified atom stereocenters. The summed E-state index contributed by atoms with van der Waals surface area (Å²) >= 11 is 0. The Hall–Kier alpha value is -1.48. The van der Waals surface area contributed by atoms with Crippen LogP contribution < -0.4 is 5.32 Å². The third-order valence-corrected chi connectivity index (χ3v) is 5.70. The van der Waals surface area contributed by atoms with Gasteiger partial charge in [-0.15, -0.1) is 0 Å². The van der Waals surface area contributed by atoms with Gasteiger partial charge in [0.1, 0.15) is 6.61 Å². The SMILES string of the molecule is COCC(=O)NCc1ccc(S(=O)(=O)N2CCN(C)CC2)cc1. The second kappa shape index (κ2) is 7.87. The maximum Gasteiger partial charge on any atom is 0.246 e. The maximum absolute atomic E-state index is 12.6. The third-order valence-electron chi connectivity index (χ3n) is 3.79. The summed E-state index contributed by atoms with van der Waals surface area (Å²) in [7, 11) is -0.00408. The number of nitrogens with one attached hydrogen (secondary N) is 1. The summed E-state index contributed by atoms with van der Waals surface area (Å²) in [5, 5.41) is 2.70. The first-order valence-electron chi connectivity index (χ1n) is 7.47. The lowest BCUT2D eigenvalue weighted by Crippen LogP contribution is -2.47. The third kappa shape index (κ3) is 4.74. The van der Waals surface area contributed by atoms with E-state index in [1.165, 1.54) is 11.4 Å². The van der Waals surface area contributed by atoms with E-state index in [0.29, 0.717) is 19.6 Å². The van der Waals surface area contributed by atoms with Gasteiger partial charge in [0.25, 0.3) is 0 Å². The average Bonchev–Trinajstić information content (AvgIpc) is 2.54. The molecule has 7 nitrogen and oxygen atoms in total. The number of ether oxygens (including phenoxy) is 1. The number of amides is 1. The Kier molecular flexibility index (Phi) is 6.11. The Morgan fingerprint density at radius 3 is 2.35 bits per heavy atom. The molecule has 1 aromatic rings. The van der Waals surface area contributed by atoms with Crippen LogP contribution in [0, 0.1) is 0 Å². The first-order chi connectivity index (χ1) is 10.9. The van der Waals surface area contributed by atoms with Crippen molar-refractivity contribution < 1.29 is 17.9 Å². The normalized spacial score (nSPS) is 17.1.